The van der Waals surface area contributed by atoms with E-state index >= 15 is 0 Å². The van der Waals surface area contributed by atoms with Gasteiger partial charge in [0.15, 0.2) is 5.82 Å². The highest BCUT2D eigenvalue weighted by molar-refractivity contribution is 6.03. The van der Waals surface area contributed by atoms with Crippen LogP contribution in [0.4, 0.5) is 14.5 Å². The van der Waals surface area contributed by atoms with Crippen LogP contribution in [-0.4, -0.2) is 25.5 Å². The minimum Gasteiger partial charge on any atom is -0.319 e. The predicted molar refractivity (Wildman–Crippen MR) is 99.2 cm³/mol. The molecule has 0 spiro atoms. The Balaban J connectivity index is 1.45. The summed E-state index contributed by atoms with van der Waals surface area (Å²) in [6.07, 6.45) is 5.95. The number of rotatable bonds is 5. The smallest absolute Gasteiger partial charge is 0.258 e. The Bertz CT molecular complexity index is 1120. The van der Waals surface area contributed by atoms with Crippen molar-refractivity contribution in [1.82, 2.24) is 19.6 Å². The molecule has 28 heavy (non-hydrogen) atoms. The Morgan fingerprint density at radius 1 is 1.00 bits per heavy atom. The molecule has 0 fully saturated rings. The molecule has 0 bridgehead atoms. The van der Waals surface area contributed by atoms with Gasteiger partial charge in [-0.15, -0.1) is 0 Å². The van der Waals surface area contributed by atoms with E-state index in [9.17, 15) is 13.6 Å². The van der Waals surface area contributed by atoms with E-state index in [1.807, 2.05) is 30.3 Å². The summed E-state index contributed by atoms with van der Waals surface area (Å²) in [6.45, 7) is 0.582. The number of aromatic nitrogens is 4. The van der Waals surface area contributed by atoms with Crippen molar-refractivity contribution >= 4 is 11.6 Å². The Hall–Kier alpha value is -3.81. The summed E-state index contributed by atoms with van der Waals surface area (Å²) in [4.78, 5) is 12.4. The number of nitrogens with zero attached hydrogens (tertiary/aromatic N) is 4. The molecule has 0 aliphatic rings. The lowest BCUT2D eigenvalue weighted by Gasteiger charge is -2.03. The van der Waals surface area contributed by atoms with Crippen molar-refractivity contribution < 1.29 is 13.6 Å². The van der Waals surface area contributed by atoms with Gasteiger partial charge in [0, 0.05) is 18.5 Å². The van der Waals surface area contributed by atoms with Gasteiger partial charge in [-0.25, -0.2) is 13.5 Å². The monoisotopic (exact) mass is 379 g/mol. The zero-order valence-corrected chi connectivity index (χ0v) is 14.6. The van der Waals surface area contributed by atoms with Crippen molar-refractivity contribution in [3.05, 3.63) is 96.1 Å². The maximum absolute atomic E-state index is 13.9. The van der Waals surface area contributed by atoms with Crippen molar-refractivity contribution in [3.63, 3.8) is 0 Å². The van der Waals surface area contributed by atoms with Crippen LogP contribution in [0.5, 0.6) is 0 Å². The standard InChI is InChI=1S/C20H15F2N5O/c21-16-6-7-19(18(22)8-16)27-12-15(9-24-27)20(28)25-17-10-23-26(13-17)11-14-4-2-1-3-5-14/h1-10,12-13H,11H2,(H,25,28). The van der Waals surface area contributed by atoms with Crippen LogP contribution in [0, 0.1) is 11.6 Å². The lowest BCUT2D eigenvalue weighted by atomic mass is 10.2. The molecule has 0 saturated carbocycles. The van der Waals surface area contributed by atoms with Gasteiger partial charge < -0.3 is 5.32 Å². The molecule has 6 nitrogen and oxygen atoms in total. The molecule has 2 aromatic carbocycles. The van der Waals surface area contributed by atoms with Crippen LogP contribution in [-0.2, 0) is 6.54 Å². The minimum absolute atomic E-state index is 0.0520. The van der Waals surface area contributed by atoms with Gasteiger partial charge in [0.2, 0.25) is 0 Å². The van der Waals surface area contributed by atoms with Crippen molar-refractivity contribution in [1.29, 1.82) is 0 Å². The molecule has 0 aliphatic carbocycles. The second-order valence-electron chi connectivity index (χ2n) is 6.14. The predicted octanol–water partition coefficient (Wildman–Crippen LogP) is 3.65. The normalized spacial score (nSPS) is 10.8. The second-order valence-corrected chi connectivity index (χ2v) is 6.14. The molecule has 1 amide bonds. The summed E-state index contributed by atoms with van der Waals surface area (Å²) >= 11 is 0. The van der Waals surface area contributed by atoms with Crippen molar-refractivity contribution in [3.8, 4) is 5.69 Å². The SMILES string of the molecule is O=C(Nc1cnn(Cc2ccccc2)c1)c1cnn(-c2ccc(F)cc2F)c1. The summed E-state index contributed by atoms with van der Waals surface area (Å²) in [5.74, 6) is -1.86. The maximum atomic E-state index is 13.9. The first-order chi connectivity index (χ1) is 13.6. The number of nitrogens with one attached hydrogen (secondary N) is 1. The number of anilines is 1. The Kier molecular flexibility index (Phi) is 4.67. The summed E-state index contributed by atoms with van der Waals surface area (Å²) in [5.41, 5.74) is 1.91. The topological polar surface area (TPSA) is 64.7 Å². The highest BCUT2D eigenvalue weighted by Gasteiger charge is 2.13. The number of amides is 1. The quantitative estimate of drug-likeness (QED) is 0.576. The molecule has 2 aromatic heterocycles. The molecule has 0 aliphatic heterocycles. The van der Waals surface area contributed by atoms with Crippen molar-refractivity contribution in [2.24, 2.45) is 0 Å². The summed E-state index contributed by atoms with van der Waals surface area (Å²) < 4.78 is 29.8. The van der Waals surface area contributed by atoms with Gasteiger partial charge in [-0.2, -0.15) is 10.2 Å². The Labute approximate surface area is 159 Å². The number of benzene rings is 2. The number of hydrogen-bond donors (Lipinski definition) is 1. The lowest BCUT2D eigenvalue weighted by Crippen LogP contribution is -2.10. The summed E-state index contributed by atoms with van der Waals surface area (Å²) in [6, 6.07) is 13.0. The third-order valence-electron chi connectivity index (χ3n) is 4.08. The van der Waals surface area contributed by atoms with Gasteiger partial charge in [-0.05, 0) is 17.7 Å². The molecule has 0 unspecified atom stereocenters. The fourth-order valence-corrected chi connectivity index (χ4v) is 2.73. The number of hydrogen-bond acceptors (Lipinski definition) is 3. The van der Waals surface area contributed by atoms with Gasteiger partial charge in [-0.1, -0.05) is 30.3 Å². The third-order valence-corrected chi connectivity index (χ3v) is 4.08. The number of halogens is 2. The zero-order valence-electron chi connectivity index (χ0n) is 14.6. The van der Waals surface area contributed by atoms with Gasteiger partial charge in [-0.3, -0.25) is 9.48 Å². The molecule has 8 heteroatoms. The fraction of sp³-hybridized carbons (Fsp3) is 0.0500. The molecular formula is C20H15F2N5O. The number of carbonyl (C=O) groups is 1. The first-order valence-corrected chi connectivity index (χ1v) is 8.46. The maximum Gasteiger partial charge on any atom is 0.258 e. The van der Waals surface area contributed by atoms with Gasteiger partial charge >= 0.3 is 0 Å². The molecule has 0 atom stereocenters. The third kappa shape index (κ3) is 3.80. The molecule has 0 radical (unpaired) electrons. The van der Waals surface area contributed by atoms with E-state index in [0.717, 1.165) is 17.7 Å². The van der Waals surface area contributed by atoms with Gasteiger partial charge in [0.05, 0.1) is 30.2 Å². The number of carbonyl (C=O) groups excluding carboxylic acids is 1. The lowest BCUT2D eigenvalue weighted by molar-refractivity contribution is 0.102. The van der Waals surface area contributed by atoms with Crippen molar-refractivity contribution in [2.45, 2.75) is 6.54 Å². The van der Waals surface area contributed by atoms with Crippen LogP contribution in [0.1, 0.15) is 15.9 Å². The second kappa shape index (κ2) is 7.43. The average Bonchev–Trinajstić information content (AvgIpc) is 3.32. The van der Waals surface area contributed by atoms with E-state index < -0.39 is 17.5 Å². The minimum atomic E-state index is -0.766. The molecular weight excluding hydrogens is 364 g/mol. The first-order valence-electron chi connectivity index (χ1n) is 8.46. The van der Waals surface area contributed by atoms with E-state index in [2.05, 4.69) is 15.5 Å². The van der Waals surface area contributed by atoms with E-state index in [4.69, 9.17) is 0 Å². The molecule has 4 aromatic rings. The molecule has 140 valence electrons. The van der Waals surface area contributed by atoms with E-state index in [0.29, 0.717) is 12.2 Å². The highest BCUT2D eigenvalue weighted by Crippen LogP contribution is 2.16. The van der Waals surface area contributed by atoms with Crippen LogP contribution >= 0.6 is 0 Å². The Morgan fingerprint density at radius 2 is 1.82 bits per heavy atom. The summed E-state index contributed by atoms with van der Waals surface area (Å²) in [7, 11) is 0. The van der Waals surface area contributed by atoms with Gasteiger partial charge in [0.1, 0.15) is 11.5 Å². The largest absolute Gasteiger partial charge is 0.319 e. The van der Waals surface area contributed by atoms with Crippen LogP contribution < -0.4 is 5.32 Å². The first kappa shape index (κ1) is 17.6. The Morgan fingerprint density at radius 3 is 2.61 bits per heavy atom. The van der Waals surface area contributed by atoms with Crippen LogP contribution in [0.25, 0.3) is 5.69 Å². The van der Waals surface area contributed by atoms with Crippen LogP contribution in [0.2, 0.25) is 0 Å². The average molecular weight is 379 g/mol. The summed E-state index contributed by atoms with van der Waals surface area (Å²) in [5, 5.41) is 10.9. The molecule has 1 N–H and O–H groups in total. The van der Waals surface area contributed by atoms with E-state index in [1.165, 1.54) is 23.1 Å². The fourth-order valence-electron chi connectivity index (χ4n) is 2.73. The van der Waals surface area contributed by atoms with E-state index in [1.54, 1.807) is 17.1 Å². The van der Waals surface area contributed by atoms with Crippen LogP contribution in [0.15, 0.2) is 73.3 Å². The molecule has 4 rings (SSSR count). The van der Waals surface area contributed by atoms with Crippen molar-refractivity contribution in [2.75, 3.05) is 5.32 Å². The van der Waals surface area contributed by atoms with E-state index in [-0.39, 0.29) is 11.3 Å². The zero-order chi connectivity index (χ0) is 19.5. The molecule has 2 heterocycles. The van der Waals surface area contributed by atoms with Gasteiger partial charge in [0.25, 0.3) is 5.91 Å². The van der Waals surface area contributed by atoms with Crippen LogP contribution in [0.3, 0.4) is 0 Å². The highest BCUT2D eigenvalue weighted by atomic mass is 19.1. The molecule has 0 saturated heterocycles.